The quantitative estimate of drug-likeness (QED) is 0.690. The smallest absolute Gasteiger partial charge is 0.306 e. The van der Waals surface area contributed by atoms with Crippen LogP contribution in [0.3, 0.4) is 0 Å². The Hall–Kier alpha value is -1.10. The first-order chi connectivity index (χ1) is 9.66. The second-order valence-electron chi connectivity index (χ2n) is 6.16. The van der Waals surface area contributed by atoms with Gasteiger partial charge in [-0.15, -0.1) is 0 Å². The van der Waals surface area contributed by atoms with Gasteiger partial charge >= 0.3 is 5.97 Å². The van der Waals surface area contributed by atoms with Crippen molar-refractivity contribution in [2.75, 3.05) is 13.1 Å². The number of nitrogens with one attached hydrogen (secondary N) is 2. The van der Waals surface area contributed by atoms with Crippen molar-refractivity contribution in [1.82, 2.24) is 10.6 Å². The summed E-state index contributed by atoms with van der Waals surface area (Å²) in [7, 11) is 0. The first-order valence-corrected chi connectivity index (χ1v) is 7.89. The molecule has 2 aliphatic carbocycles. The molecule has 1 amide bonds. The molecule has 2 atom stereocenters. The first kappa shape index (κ1) is 15.3. The van der Waals surface area contributed by atoms with Crippen molar-refractivity contribution in [3.63, 3.8) is 0 Å². The van der Waals surface area contributed by atoms with Crippen molar-refractivity contribution in [3.05, 3.63) is 0 Å². The minimum Gasteiger partial charge on any atom is -0.481 e. The average Bonchev–Trinajstić information content (AvgIpc) is 2.96. The Bertz CT molecular complexity index is 340. The fourth-order valence-electron chi connectivity index (χ4n) is 3.45. The highest BCUT2D eigenvalue weighted by atomic mass is 16.4. The molecule has 2 fully saturated rings. The summed E-state index contributed by atoms with van der Waals surface area (Å²) in [6, 6.07) is 0.488. The number of rotatable bonds is 6. The van der Waals surface area contributed by atoms with Gasteiger partial charge < -0.3 is 15.7 Å². The van der Waals surface area contributed by atoms with E-state index in [1.807, 2.05) is 0 Å². The fourth-order valence-corrected chi connectivity index (χ4v) is 3.45. The Kier molecular flexibility index (Phi) is 5.83. The number of carboxylic acid groups (broad SMARTS) is 1. The van der Waals surface area contributed by atoms with Gasteiger partial charge in [0.2, 0.25) is 5.91 Å². The molecule has 2 rings (SSSR count). The summed E-state index contributed by atoms with van der Waals surface area (Å²) in [6.45, 7) is 0.858. The van der Waals surface area contributed by atoms with Gasteiger partial charge in [-0.05, 0) is 31.6 Å². The van der Waals surface area contributed by atoms with Gasteiger partial charge in [0.05, 0.1) is 12.5 Å². The Morgan fingerprint density at radius 3 is 2.35 bits per heavy atom. The van der Waals surface area contributed by atoms with E-state index in [1.165, 1.54) is 12.8 Å². The molecule has 0 spiro atoms. The molecule has 0 radical (unpaired) electrons. The fraction of sp³-hybridized carbons (Fsp3) is 0.867. The molecule has 0 bridgehead atoms. The van der Waals surface area contributed by atoms with Crippen LogP contribution >= 0.6 is 0 Å². The molecule has 0 aromatic heterocycles. The van der Waals surface area contributed by atoms with E-state index in [4.69, 9.17) is 0 Å². The molecule has 2 aliphatic rings. The summed E-state index contributed by atoms with van der Waals surface area (Å²) >= 11 is 0. The maximum absolute atomic E-state index is 11.8. The van der Waals surface area contributed by atoms with E-state index < -0.39 is 5.97 Å². The van der Waals surface area contributed by atoms with Gasteiger partial charge in [0.25, 0.3) is 0 Å². The van der Waals surface area contributed by atoms with Gasteiger partial charge in [-0.25, -0.2) is 0 Å². The average molecular weight is 282 g/mol. The van der Waals surface area contributed by atoms with Crippen LogP contribution < -0.4 is 10.6 Å². The third kappa shape index (κ3) is 4.47. The van der Waals surface area contributed by atoms with Gasteiger partial charge in [-0.2, -0.15) is 0 Å². The SMILES string of the molecule is O=C(CNC1CCCC1)NCC1CCCCC1C(=O)O. The minimum absolute atomic E-state index is 0.00777. The maximum Gasteiger partial charge on any atom is 0.306 e. The summed E-state index contributed by atoms with van der Waals surface area (Å²) in [4.78, 5) is 23.0. The van der Waals surface area contributed by atoms with E-state index in [2.05, 4.69) is 10.6 Å². The Labute approximate surface area is 120 Å². The zero-order chi connectivity index (χ0) is 14.4. The molecule has 114 valence electrons. The second kappa shape index (κ2) is 7.62. The lowest BCUT2D eigenvalue weighted by molar-refractivity contribution is -0.145. The highest BCUT2D eigenvalue weighted by Gasteiger charge is 2.30. The topological polar surface area (TPSA) is 78.4 Å². The molecule has 0 aromatic rings. The number of hydrogen-bond donors (Lipinski definition) is 3. The summed E-state index contributed by atoms with van der Waals surface area (Å²) in [5, 5.41) is 15.4. The summed E-state index contributed by atoms with van der Waals surface area (Å²) in [6.07, 6.45) is 8.55. The third-order valence-corrected chi connectivity index (χ3v) is 4.69. The van der Waals surface area contributed by atoms with E-state index in [9.17, 15) is 14.7 Å². The van der Waals surface area contributed by atoms with E-state index in [0.717, 1.165) is 38.5 Å². The van der Waals surface area contributed by atoms with Crippen LogP contribution in [-0.4, -0.2) is 36.1 Å². The normalized spacial score (nSPS) is 27.4. The van der Waals surface area contributed by atoms with Gasteiger partial charge in [-0.3, -0.25) is 9.59 Å². The molecule has 5 nitrogen and oxygen atoms in total. The van der Waals surface area contributed by atoms with Crippen LogP contribution in [0.1, 0.15) is 51.4 Å². The molecule has 0 saturated heterocycles. The largest absolute Gasteiger partial charge is 0.481 e. The lowest BCUT2D eigenvalue weighted by Crippen LogP contribution is -2.42. The molecule has 3 N–H and O–H groups in total. The monoisotopic (exact) mass is 282 g/mol. The number of carbonyl (C=O) groups is 2. The first-order valence-electron chi connectivity index (χ1n) is 7.89. The molecule has 2 saturated carbocycles. The Morgan fingerprint density at radius 1 is 1.00 bits per heavy atom. The zero-order valence-corrected chi connectivity index (χ0v) is 12.1. The highest BCUT2D eigenvalue weighted by Crippen LogP contribution is 2.29. The summed E-state index contributed by atoms with van der Waals surface area (Å²) in [5.74, 6) is -0.914. The molecule has 0 heterocycles. The van der Waals surface area contributed by atoms with Crippen molar-refractivity contribution < 1.29 is 14.7 Å². The zero-order valence-electron chi connectivity index (χ0n) is 12.1. The van der Waals surface area contributed by atoms with Crippen LogP contribution in [-0.2, 0) is 9.59 Å². The van der Waals surface area contributed by atoms with Crippen molar-refractivity contribution in [2.45, 2.75) is 57.4 Å². The van der Waals surface area contributed by atoms with E-state index in [1.54, 1.807) is 0 Å². The van der Waals surface area contributed by atoms with E-state index in [0.29, 0.717) is 19.1 Å². The van der Waals surface area contributed by atoms with Crippen LogP contribution in [0, 0.1) is 11.8 Å². The van der Waals surface area contributed by atoms with Crippen LogP contribution in [0.5, 0.6) is 0 Å². The number of hydrogen-bond acceptors (Lipinski definition) is 3. The number of carbonyl (C=O) groups excluding carboxylic acids is 1. The van der Waals surface area contributed by atoms with Crippen molar-refractivity contribution >= 4 is 11.9 Å². The summed E-state index contributed by atoms with van der Waals surface area (Å²) in [5.41, 5.74) is 0. The molecule has 0 aromatic carbocycles. The lowest BCUT2D eigenvalue weighted by Gasteiger charge is -2.28. The van der Waals surface area contributed by atoms with Gasteiger partial charge in [0, 0.05) is 12.6 Å². The van der Waals surface area contributed by atoms with Gasteiger partial charge in [0.15, 0.2) is 0 Å². The highest BCUT2D eigenvalue weighted by molar-refractivity contribution is 5.78. The van der Waals surface area contributed by atoms with Crippen LogP contribution in [0.25, 0.3) is 0 Å². The minimum atomic E-state index is -0.715. The molecule has 5 heteroatoms. The lowest BCUT2D eigenvalue weighted by atomic mass is 9.79. The van der Waals surface area contributed by atoms with E-state index >= 15 is 0 Å². The molecule has 2 unspecified atom stereocenters. The standard InChI is InChI=1S/C15H26N2O3/c18-14(10-16-12-6-2-3-7-12)17-9-11-5-1-4-8-13(11)15(19)20/h11-13,16H,1-10H2,(H,17,18)(H,19,20). The predicted octanol–water partition coefficient (Wildman–Crippen LogP) is 1.53. The molecule has 0 aliphatic heterocycles. The second-order valence-corrected chi connectivity index (χ2v) is 6.16. The number of aliphatic carboxylic acids is 1. The van der Waals surface area contributed by atoms with Crippen LogP contribution in [0.2, 0.25) is 0 Å². The number of carboxylic acids is 1. The maximum atomic E-state index is 11.8. The van der Waals surface area contributed by atoms with Crippen molar-refractivity contribution in [2.24, 2.45) is 11.8 Å². The molecule has 20 heavy (non-hydrogen) atoms. The van der Waals surface area contributed by atoms with Crippen LogP contribution in [0.4, 0.5) is 0 Å². The third-order valence-electron chi connectivity index (χ3n) is 4.69. The van der Waals surface area contributed by atoms with E-state index in [-0.39, 0.29) is 17.7 Å². The van der Waals surface area contributed by atoms with Crippen molar-refractivity contribution in [1.29, 1.82) is 0 Å². The summed E-state index contributed by atoms with van der Waals surface area (Å²) < 4.78 is 0. The van der Waals surface area contributed by atoms with Crippen LogP contribution in [0.15, 0.2) is 0 Å². The van der Waals surface area contributed by atoms with Gasteiger partial charge in [-0.1, -0.05) is 25.7 Å². The van der Waals surface area contributed by atoms with Gasteiger partial charge in [0.1, 0.15) is 0 Å². The molecular formula is C15H26N2O3. The predicted molar refractivity (Wildman–Crippen MR) is 76.4 cm³/mol. The van der Waals surface area contributed by atoms with Crippen molar-refractivity contribution in [3.8, 4) is 0 Å². The molecular weight excluding hydrogens is 256 g/mol. The Morgan fingerprint density at radius 2 is 1.65 bits per heavy atom. The number of amides is 1. The Balaban J connectivity index is 1.67.